The maximum atomic E-state index is 10.6. The zero-order valence-corrected chi connectivity index (χ0v) is 6.21. The number of hydrogen-bond donors (Lipinski definition) is 1. The Labute approximate surface area is 65.5 Å². The minimum Gasteiger partial charge on any atom is -0.481 e. The van der Waals surface area contributed by atoms with E-state index >= 15 is 0 Å². The number of carbonyl (C=O) groups is 1. The Morgan fingerprint density at radius 1 is 1.55 bits per heavy atom. The van der Waals surface area contributed by atoms with Gasteiger partial charge in [-0.25, -0.2) is 0 Å². The molecule has 1 aliphatic rings. The van der Waals surface area contributed by atoms with E-state index < -0.39 is 11.9 Å². The predicted octanol–water partition coefficient (Wildman–Crippen LogP) is 1.76. The van der Waals surface area contributed by atoms with Gasteiger partial charge < -0.3 is 5.11 Å². The third-order valence-corrected chi connectivity index (χ3v) is 1.75. The van der Waals surface area contributed by atoms with E-state index in [0.29, 0.717) is 12.0 Å². The first-order chi connectivity index (χ1) is 5.11. The van der Waals surface area contributed by atoms with Gasteiger partial charge >= 0.3 is 5.97 Å². The Bertz CT molecular complexity index is 248. The molecule has 0 radical (unpaired) electrons. The van der Waals surface area contributed by atoms with Crippen LogP contribution in [0.4, 0.5) is 0 Å². The fraction of sp³-hybridized carbons (Fsp3) is 0.222. The van der Waals surface area contributed by atoms with Gasteiger partial charge in [0, 0.05) is 0 Å². The summed E-state index contributed by atoms with van der Waals surface area (Å²) < 4.78 is 0. The van der Waals surface area contributed by atoms with Crippen LogP contribution in [0.2, 0.25) is 0 Å². The fourth-order valence-electron chi connectivity index (χ4n) is 1.05. The summed E-state index contributed by atoms with van der Waals surface area (Å²) in [6.45, 7) is 7.33. The molecule has 2 heteroatoms. The highest BCUT2D eigenvalue weighted by molar-refractivity contribution is 5.75. The molecular formula is C9H10O2. The summed E-state index contributed by atoms with van der Waals surface area (Å²) in [6.07, 6.45) is 4.01. The van der Waals surface area contributed by atoms with Crippen molar-refractivity contribution in [3.8, 4) is 0 Å². The molecule has 0 saturated heterocycles. The van der Waals surface area contributed by atoms with Crippen LogP contribution in [-0.2, 0) is 4.79 Å². The Hall–Kier alpha value is -1.31. The van der Waals surface area contributed by atoms with Crippen LogP contribution in [0.25, 0.3) is 0 Å². The molecule has 0 aromatic carbocycles. The van der Waals surface area contributed by atoms with E-state index in [-0.39, 0.29) is 0 Å². The number of aliphatic carboxylic acids is 1. The molecule has 0 aromatic rings. The maximum absolute atomic E-state index is 10.6. The molecule has 0 bridgehead atoms. The molecule has 0 fully saturated rings. The van der Waals surface area contributed by atoms with Crippen LogP contribution in [0.15, 0.2) is 36.5 Å². The summed E-state index contributed by atoms with van der Waals surface area (Å²) in [6, 6.07) is 0. The lowest BCUT2D eigenvalue weighted by Crippen LogP contribution is -2.17. The van der Waals surface area contributed by atoms with Gasteiger partial charge in [0.1, 0.15) is 0 Å². The van der Waals surface area contributed by atoms with E-state index in [0.717, 1.165) is 5.57 Å². The zero-order valence-electron chi connectivity index (χ0n) is 6.21. The summed E-state index contributed by atoms with van der Waals surface area (Å²) in [5.74, 6) is -1.28. The van der Waals surface area contributed by atoms with E-state index in [1.54, 1.807) is 6.08 Å². The summed E-state index contributed by atoms with van der Waals surface area (Å²) in [4.78, 5) is 10.6. The molecule has 0 saturated carbocycles. The Morgan fingerprint density at radius 3 is 2.64 bits per heavy atom. The lowest BCUT2D eigenvalue weighted by Gasteiger charge is -2.16. The van der Waals surface area contributed by atoms with E-state index in [4.69, 9.17) is 5.11 Å². The molecule has 0 aliphatic heterocycles. The lowest BCUT2D eigenvalue weighted by molar-refractivity contribution is -0.140. The standard InChI is InChI=1S/C9H10O2/c1-6-3-4-7(2)8(5-6)9(10)11/h3-4,8H,1-2,5H2,(H,10,11). The van der Waals surface area contributed by atoms with Crippen LogP contribution in [0.5, 0.6) is 0 Å². The highest BCUT2D eigenvalue weighted by Gasteiger charge is 2.22. The highest BCUT2D eigenvalue weighted by Crippen LogP contribution is 2.25. The van der Waals surface area contributed by atoms with Crippen molar-refractivity contribution < 1.29 is 9.90 Å². The molecule has 0 aromatic heterocycles. The van der Waals surface area contributed by atoms with Crippen LogP contribution in [0, 0.1) is 5.92 Å². The van der Waals surface area contributed by atoms with Crippen LogP contribution >= 0.6 is 0 Å². The summed E-state index contributed by atoms with van der Waals surface area (Å²) in [7, 11) is 0. The third-order valence-electron chi connectivity index (χ3n) is 1.75. The average Bonchev–Trinajstić information content (AvgIpc) is 1.94. The van der Waals surface area contributed by atoms with Gasteiger partial charge in [0.25, 0.3) is 0 Å². The van der Waals surface area contributed by atoms with Crippen molar-refractivity contribution >= 4 is 5.97 Å². The minimum atomic E-state index is -0.819. The highest BCUT2D eigenvalue weighted by atomic mass is 16.4. The second-order valence-electron chi connectivity index (χ2n) is 2.66. The summed E-state index contributed by atoms with van der Waals surface area (Å²) in [5, 5.41) is 8.69. The quantitative estimate of drug-likeness (QED) is 0.618. The smallest absolute Gasteiger partial charge is 0.311 e. The van der Waals surface area contributed by atoms with Crippen molar-refractivity contribution in [1.29, 1.82) is 0 Å². The lowest BCUT2D eigenvalue weighted by atomic mass is 9.88. The fourth-order valence-corrected chi connectivity index (χ4v) is 1.05. The summed E-state index contributed by atoms with van der Waals surface area (Å²) >= 11 is 0. The van der Waals surface area contributed by atoms with Crippen LogP contribution < -0.4 is 0 Å². The van der Waals surface area contributed by atoms with Gasteiger partial charge in [-0.05, 0) is 12.0 Å². The largest absolute Gasteiger partial charge is 0.481 e. The van der Waals surface area contributed by atoms with Crippen LogP contribution in [0.3, 0.4) is 0 Å². The Morgan fingerprint density at radius 2 is 2.18 bits per heavy atom. The molecule has 0 heterocycles. The first-order valence-corrected chi connectivity index (χ1v) is 3.38. The predicted molar refractivity (Wildman–Crippen MR) is 43.2 cm³/mol. The van der Waals surface area contributed by atoms with Gasteiger partial charge in [0.05, 0.1) is 5.92 Å². The van der Waals surface area contributed by atoms with Crippen molar-refractivity contribution in [2.45, 2.75) is 6.42 Å². The van der Waals surface area contributed by atoms with Gasteiger partial charge in [-0.3, -0.25) is 4.79 Å². The minimum absolute atomic E-state index is 0.465. The van der Waals surface area contributed by atoms with Crippen molar-refractivity contribution in [1.82, 2.24) is 0 Å². The molecular weight excluding hydrogens is 140 g/mol. The van der Waals surface area contributed by atoms with Gasteiger partial charge in [-0.15, -0.1) is 0 Å². The molecule has 1 rings (SSSR count). The SMILES string of the molecule is C=C1C=CC(=C)C(C(=O)O)C1. The van der Waals surface area contributed by atoms with E-state index in [1.165, 1.54) is 0 Å². The van der Waals surface area contributed by atoms with Gasteiger partial charge in [0.2, 0.25) is 0 Å². The molecule has 1 aliphatic carbocycles. The number of carboxylic acid groups (broad SMARTS) is 1. The number of allylic oxidation sites excluding steroid dienone is 3. The van der Waals surface area contributed by atoms with Gasteiger partial charge in [0.15, 0.2) is 0 Å². The van der Waals surface area contributed by atoms with Crippen molar-refractivity contribution in [2.24, 2.45) is 5.92 Å². The third kappa shape index (κ3) is 1.58. The summed E-state index contributed by atoms with van der Waals surface area (Å²) in [5.41, 5.74) is 1.51. The average molecular weight is 150 g/mol. The molecule has 11 heavy (non-hydrogen) atoms. The normalized spacial score (nSPS) is 23.8. The Balaban J connectivity index is 2.84. The topological polar surface area (TPSA) is 37.3 Å². The van der Waals surface area contributed by atoms with Gasteiger partial charge in [-0.2, -0.15) is 0 Å². The molecule has 1 atom stereocenters. The molecule has 0 spiro atoms. The van der Waals surface area contributed by atoms with Crippen molar-refractivity contribution in [3.63, 3.8) is 0 Å². The van der Waals surface area contributed by atoms with E-state index in [2.05, 4.69) is 13.2 Å². The molecule has 58 valence electrons. The number of hydrogen-bond acceptors (Lipinski definition) is 1. The first-order valence-electron chi connectivity index (χ1n) is 3.38. The number of rotatable bonds is 1. The van der Waals surface area contributed by atoms with Crippen LogP contribution in [-0.4, -0.2) is 11.1 Å². The molecule has 0 amide bonds. The van der Waals surface area contributed by atoms with Crippen molar-refractivity contribution in [2.75, 3.05) is 0 Å². The second kappa shape index (κ2) is 2.74. The van der Waals surface area contributed by atoms with Crippen LogP contribution in [0.1, 0.15) is 6.42 Å². The zero-order chi connectivity index (χ0) is 8.43. The molecule has 1 N–H and O–H groups in total. The maximum Gasteiger partial charge on any atom is 0.311 e. The Kier molecular flexibility index (Phi) is 1.94. The van der Waals surface area contributed by atoms with E-state index in [1.807, 2.05) is 6.08 Å². The number of carboxylic acids is 1. The molecule has 1 unspecified atom stereocenters. The van der Waals surface area contributed by atoms with Gasteiger partial charge in [-0.1, -0.05) is 30.9 Å². The van der Waals surface area contributed by atoms with Crippen molar-refractivity contribution in [3.05, 3.63) is 36.5 Å². The monoisotopic (exact) mass is 150 g/mol. The molecule has 2 nitrogen and oxygen atoms in total. The first kappa shape index (κ1) is 7.79. The van der Waals surface area contributed by atoms with E-state index in [9.17, 15) is 4.79 Å². The second-order valence-corrected chi connectivity index (χ2v) is 2.66.